The average Bonchev–Trinajstić information content (AvgIpc) is 2.57. The largest absolute Gasteiger partial charge is 0.372 e. The number of hydrogen-bond acceptors (Lipinski definition) is 4. The summed E-state index contributed by atoms with van der Waals surface area (Å²) in [6.45, 7) is 7.82. The Kier molecular flexibility index (Phi) is 5.32. The van der Waals surface area contributed by atoms with Crippen LogP contribution < -0.4 is 10.2 Å². The summed E-state index contributed by atoms with van der Waals surface area (Å²) in [5.74, 6) is -0.284. The predicted molar refractivity (Wildman–Crippen MR) is 91.6 cm³/mol. The molecule has 0 bridgehead atoms. The van der Waals surface area contributed by atoms with Crippen molar-refractivity contribution in [1.29, 1.82) is 5.26 Å². The van der Waals surface area contributed by atoms with Gasteiger partial charge in [0.1, 0.15) is 11.8 Å². The molecule has 23 heavy (non-hydrogen) atoms. The van der Waals surface area contributed by atoms with E-state index >= 15 is 0 Å². The van der Waals surface area contributed by atoms with Gasteiger partial charge in [0.2, 0.25) is 0 Å². The summed E-state index contributed by atoms with van der Waals surface area (Å²) in [6, 6.07) is 12.9. The van der Waals surface area contributed by atoms with Crippen LogP contribution in [0.5, 0.6) is 0 Å². The number of anilines is 2. The van der Waals surface area contributed by atoms with Crippen molar-refractivity contribution >= 4 is 17.3 Å². The highest BCUT2D eigenvalue weighted by Gasteiger charge is 2.10. The van der Waals surface area contributed by atoms with Crippen LogP contribution >= 0.6 is 0 Å². The second-order valence-electron chi connectivity index (χ2n) is 5.11. The Labute approximate surface area is 136 Å². The smallest absolute Gasteiger partial charge is 0.274 e. The molecule has 0 radical (unpaired) electrons. The second kappa shape index (κ2) is 7.41. The highest BCUT2D eigenvalue weighted by Crippen LogP contribution is 2.18. The molecule has 5 nitrogen and oxygen atoms in total. The summed E-state index contributed by atoms with van der Waals surface area (Å²) >= 11 is 0. The van der Waals surface area contributed by atoms with Gasteiger partial charge in [-0.3, -0.25) is 4.79 Å². The normalized spacial score (nSPS) is 10.0. The highest BCUT2D eigenvalue weighted by atomic mass is 16.1. The number of nitriles is 1. The molecule has 0 fully saturated rings. The molecule has 0 atom stereocenters. The molecular weight excluding hydrogens is 288 g/mol. The van der Waals surface area contributed by atoms with Crippen molar-refractivity contribution < 1.29 is 4.79 Å². The Bertz CT molecular complexity index is 728. The van der Waals surface area contributed by atoms with E-state index in [1.165, 1.54) is 0 Å². The zero-order valence-corrected chi connectivity index (χ0v) is 13.6. The summed E-state index contributed by atoms with van der Waals surface area (Å²) in [5.41, 5.74) is 3.17. The second-order valence-corrected chi connectivity index (χ2v) is 5.11. The number of aromatic nitrogens is 1. The van der Waals surface area contributed by atoms with E-state index in [2.05, 4.69) is 29.0 Å². The van der Waals surface area contributed by atoms with E-state index < -0.39 is 0 Å². The molecule has 2 rings (SSSR count). The van der Waals surface area contributed by atoms with Crippen LogP contribution in [0.4, 0.5) is 11.4 Å². The van der Waals surface area contributed by atoms with Crippen LogP contribution in [0.2, 0.25) is 0 Å². The number of hydrogen-bond donors (Lipinski definition) is 1. The number of pyridine rings is 1. The highest BCUT2D eigenvalue weighted by molar-refractivity contribution is 6.03. The molecule has 0 saturated heterocycles. The number of carbonyl (C=O) groups is 1. The molecule has 1 aromatic carbocycles. The fourth-order valence-corrected chi connectivity index (χ4v) is 2.35. The Morgan fingerprint density at radius 1 is 1.17 bits per heavy atom. The molecule has 1 amide bonds. The van der Waals surface area contributed by atoms with Gasteiger partial charge in [0.25, 0.3) is 5.91 Å². The van der Waals surface area contributed by atoms with Crippen molar-refractivity contribution in [2.75, 3.05) is 23.3 Å². The van der Waals surface area contributed by atoms with Gasteiger partial charge >= 0.3 is 0 Å². The third-order valence-electron chi connectivity index (χ3n) is 3.69. The molecule has 0 saturated carbocycles. The molecule has 118 valence electrons. The van der Waals surface area contributed by atoms with Crippen molar-refractivity contribution in [3.63, 3.8) is 0 Å². The van der Waals surface area contributed by atoms with E-state index in [9.17, 15) is 4.79 Å². The molecule has 0 aliphatic heterocycles. The van der Waals surface area contributed by atoms with Crippen LogP contribution in [0, 0.1) is 18.3 Å². The molecule has 5 heteroatoms. The maximum Gasteiger partial charge on any atom is 0.274 e. The molecule has 1 aromatic heterocycles. The van der Waals surface area contributed by atoms with E-state index in [4.69, 9.17) is 5.26 Å². The Morgan fingerprint density at radius 3 is 2.35 bits per heavy atom. The van der Waals surface area contributed by atoms with Gasteiger partial charge < -0.3 is 10.2 Å². The number of benzene rings is 1. The summed E-state index contributed by atoms with van der Waals surface area (Å²) in [7, 11) is 0. The lowest BCUT2D eigenvalue weighted by Crippen LogP contribution is -2.21. The van der Waals surface area contributed by atoms with Gasteiger partial charge in [0.15, 0.2) is 0 Å². The number of nitrogens with one attached hydrogen (secondary N) is 1. The molecular formula is C18H20N4O. The molecule has 0 aliphatic rings. The van der Waals surface area contributed by atoms with Gasteiger partial charge in [-0.25, -0.2) is 4.98 Å². The minimum absolute atomic E-state index is 0.284. The van der Waals surface area contributed by atoms with E-state index in [0.29, 0.717) is 17.0 Å². The number of carbonyl (C=O) groups excluding carboxylic acids is 1. The van der Waals surface area contributed by atoms with Crippen molar-refractivity contribution in [2.24, 2.45) is 0 Å². The fraction of sp³-hybridized carbons (Fsp3) is 0.278. The standard InChI is InChI=1S/C18H20N4O/c1-4-22(5-2)16-9-7-15(8-10-16)21-18(23)17-11-6-14(12-19)13(3)20-17/h6-11H,4-5H2,1-3H3,(H,21,23). The van der Waals surface area contributed by atoms with Gasteiger partial charge in [-0.15, -0.1) is 0 Å². The maximum atomic E-state index is 12.2. The number of amides is 1. The van der Waals surface area contributed by atoms with E-state index in [1.54, 1.807) is 19.1 Å². The maximum absolute atomic E-state index is 12.2. The first-order valence-electron chi connectivity index (χ1n) is 7.63. The number of aryl methyl sites for hydroxylation is 1. The molecule has 1 N–H and O–H groups in total. The molecule has 0 unspecified atom stereocenters. The van der Waals surface area contributed by atoms with Crippen molar-refractivity contribution in [3.8, 4) is 6.07 Å². The SMILES string of the molecule is CCN(CC)c1ccc(NC(=O)c2ccc(C#N)c(C)n2)cc1. The first-order valence-corrected chi connectivity index (χ1v) is 7.63. The van der Waals surface area contributed by atoms with Gasteiger partial charge in [0, 0.05) is 24.5 Å². The zero-order valence-electron chi connectivity index (χ0n) is 13.6. The lowest BCUT2D eigenvalue weighted by molar-refractivity contribution is 0.102. The molecule has 0 spiro atoms. The van der Waals surface area contributed by atoms with Crippen LogP contribution in [0.15, 0.2) is 36.4 Å². The van der Waals surface area contributed by atoms with Crippen molar-refractivity contribution in [3.05, 3.63) is 53.3 Å². The summed E-state index contributed by atoms with van der Waals surface area (Å²) in [5, 5.41) is 11.7. The molecule has 2 aromatic rings. The molecule has 0 aliphatic carbocycles. The van der Waals surface area contributed by atoms with Gasteiger partial charge in [-0.05, 0) is 57.2 Å². The van der Waals surface area contributed by atoms with E-state index in [0.717, 1.165) is 24.5 Å². The quantitative estimate of drug-likeness (QED) is 0.919. The van der Waals surface area contributed by atoms with Crippen molar-refractivity contribution in [1.82, 2.24) is 4.98 Å². The average molecular weight is 308 g/mol. The Balaban J connectivity index is 2.11. The monoisotopic (exact) mass is 308 g/mol. The van der Waals surface area contributed by atoms with Gasteiger partial charge in [0.05, 0.1) is 11.3 Å². The van der Waals surface area contributed by atoms with Gasteiger partial charge in [-0.2, -0.15) is 5.26 Å². The Hall–Kier alpha value is -2.87. The Morgan fingerprint density at radius 2 is 1.83 bits per heavy atom. The predicted octanol–water partition coefficient (Wildman–Crippen LogP) is 3.36. The van der Waals surface area contributed by atoms with Crippen LogP contribution in [-0.2, 0) is 0 Å². The van der Waals surface area contributed by atoms with E-state index in [-0.39, 0.29) is 5.91 Å². The van der Waals surface area contributed by atoms with Gasteiger partial charge in [-0.1, -0.05) is 0 Å². The minimum atomic E-state index is -0.284. The summed E-state index contributed by atoms with van der Waals surface area (Å²) < 4.78 is 0. The first kappa shape index (κ1) is 16.5. The van der Waals surface area contributed by atoms with Crippen molar-refractivity contribution in [2.45, 2.75) is 20.8 Å². The summed E-state index contributed by atoms with van der Waals surface area (Å²) in [4.78, 5) is 18.6. The van der Waals surface area contributed by atoms with E-state index in [1.807, 2.05) is 30.3 Å². The fourth-order valence-electron chi connectivity index (χ4n) is 2.35. The number of rotatable bonds is 5. The number of nitrogens with zero attached hydrogens (tertiary/aromatic N) is 3. The van der Waals surface area contributed by atoms with Crippen LogP contribution in [0.25, 0.3) is 0 Å². The lowest BCUT2D eigenvalue weighted by Gasteiger charge is -2.21. The summed E-state index contributed by atoms with van der Waals surface area (Å²) in [6.07, 6.45) is 0. The first-order chi connectivity index (χ1) is 11.1. The zero-order chi connectivity index (χ0) is 16.8. The molecule has 1 heterocycles. The third kappa shape index (κ3) is 3.86. The van der Waals surface area contributed by atoms with Crippen LogP contribution in [-0.4, -0.2) is 24.0 Å². The lowest BCUT2D eigenvalue weighted by atomic mass is 10.2. The van der Waals surface area contributed by atoms with Crippen LogP contribution in [0.3, 0.4) is 0 Å². The van der Waals surface area contributed by atoms with Crippen LogP contribution in [0.1, 0.15) is 35.6 Å². The minimum Gasteiger partial charge on any atom is -0.372 e. The topological polar surface area (TPSA) is 69.0 Å². The third-order valence-corrected chi connectivity index (χ3v) is 3.69.